The number of hydrogen-bond acceptors (Lipinski definition) is 4. The van der Waals surface area contributed by atoms with E-state index in [0.29, 0.717) is 29.2 Å². The Morgan fingerprint density at radius 2 is 1.54 bits per heavy atom. The maximum atomic E-state index is 14.0. The number of amides is 2. The highest BCUT2D eigenvalue weighted by molar-refractivity contribution is 7.92. The molecule has 0 bridgehead atoms. The third-order valence-electron chi connectivity index (χ3n) is 6.30. The molecule has 0 saturated carbocycles. The molecule has 0 unspecified atom stereocenters. The van der Waals surface area contributed by atoms with E-state index in [1.54, 1.807) is 60.7 Å². The lowest BCUT2D eigenvalue weighted by Gasteiger charge is -2.33. The number of nitrogens with one attached hydrogen (secondary N) is 1. The first-order chi connectivity index (χ1) is 18.5. The maximum Gasteiger partial charge on any atom is 0.264 e. The van der Waals surface area contributed by atoms with Gasteiger partial charge in [-0.2, -0.15) is 0 Å². The van der Waals surface area contributed by atoms with Gasteiger partial charge in [0.1, 0.15) is 12.6 Å². The van der Waals surface area contributed by atoms with Crippen LogP contribution >= 0.6 is 11.6 Å². The number of benzene rings is 3. The summed E-state index contributed by atoms with van der Waals surface area (Å²) in [4.78, 5) is 28.8. The molecule has 3 aromatic rings. The summed E-state index contributed by atoms with van der Waals surface area (Å²) in [6.07, 6.45) is 0.343. The minimum absolute atomic E-state index is 0.0549. The normalized spacial score (nSPS) is 12.2. The number of hydrogen-bond donors (Lipinski definition) is 1. The molecule has 0 aliphatic heterocycles. The van der Waals surface area contributed by atoms with Gasteiger partial charge in [-0.1, -0.05) is 86.5 Å². The number of nitrogens with zero attached hydrogens (tertiary/aromatic N) is 2. The van der Waals surface area contributed by atoms with E-state index in [1.165, 1.54) is 17.0 Å². The first-order valence-corrected chi connectivity index (χ1v) is 14.8. The van der Waals surface area contributed by atoms with Crippen LogP contribution in [0.4, 0.5) is 5.69 Å². The van der Waals surface area contributed by atoms with Crippen LogP contribution in [-0.4, -0.2) is 44.3 Å². The van der Waals surface area contributed by atoms with E-state index in [0.717, 1.165) is 9.87 Å². The predicted molar refractivity (Wildman–Crippen MR) is 156 cm³/mol. The monoisotopic (exact) mass is 569 g/mol. The highest BCUT2D eigenvalue weighted by Gasteiger charge is 2.33. The van der Waals surface area contributed by atoms with Gasteiger partial charge >= 0.3 is 0 Å². The summed E-state index contributed by atoms with van der Waals surface area (Å²) >= 11 is 6.43. The Morgan fingerprint density at radius 3 is 2.13 bits per heavy atom. The molecule has 0 aromatic heterocycles. The van der Waals surface area contributed by atoms with Gasteiger partial charge in [-0.15, -0.1) is 0 Å². The van der Waals surface area contributed by atoms with Crippen LogP contribution in [0, 0.1) is 12.8 Å². The van der Waals surface area contributed by atoms with E-state index >= 15 is 0 Å². The molecule has 0 aliphatic carbocycles. The highest BCUT2D eigenvalue weighted by Crippen LogP contribution is 2.26. The van der Waals surface area contributed by atoms with E-state index in [4.69, 9.17) is 11.6 Å². The van der Waals surface area contributed by atoms with Crippen molar-refractivity contribution in [3.8, 4) is 0 Å². The Kier molecular flexibility index (Phi) is 10.5. The van der Waals surface area contributed by atoms with E-state index < -0.39 is 28.5 Å². The van der Waals surface area contributed by atoms with Gasteiger partial charge in [0.15, 0.2) is 0 Å². The Balaban J connectivity index is 2.03. The summed E-state index contributed by atoms with van der Waals surface area (Å²) in [6, 6.07) is 21.3. The number of anilines is 1. The average molecular weight is 570 g/mol. The Hall–Kier alpha value is -3.36. The maximum absolute atomic E-state index is 14.0. The van der Waals surface area contributed by atoms with Crippen LogP contribution in [0.2, 0.25) is 5.02 Å². The second-order valence-corrected chi connectivity index (χ2v) is 12.1. The summed E-state index contributed by atoms with van der Waals surface area (Å²) in [5.74, 6) is -0.576. The molecule has 0 saturated heterocycles. The number of aryl methyl sites for hydroxylation is 1. The molecule has 1 N–H and O–H groups in total. The van der Waals surface area contributed by atoms with Crippen molar-refractivity contribution in [3.05, 3.63) is 95.0 Å². The summed E-state index contributed by atoms with van der Waals surface area (Å²) in [5, 5.41) is 3.38. The van der Waals surface area contributed by atoms with Gasteiger partial charge in [-0.3, -0.25) is 13.9 Å². The number of para-hydroxylation sites is 1. The Labute approximate surface area is 236 Å². The minimum Gasteiger partial charge on any atom is -0.354 e. The van der Waals surface area contributed by atoms with Gasteiger partial charge in [0.2, 0.25) is 11.8 Å². The van der Waals surface area contributed by atoms with Gasteiger partial charge in [0.05, 0.1) is 10.6 Å². The largest absolute Gasteiger partial charge is 0.354 e. The zero-order chi connectivity index (χ0) is 28.6. The van der Waals surface area contributed by atoms with Crippen LogP contribution in [0.25, 0.3) is 0 Å². The molecule has 3 aromatic carbocycles. The Morgan fingerprint density at radius 1 is 0.923 bits per heavy atom. The van der Waals surface area contributed by atoms with Gasteiger partial charge in [0.25, 0.3) is 10.0 Å². The second-order valence-electron chi connectivity index (χ2n) is 9.84. The fourth-order valence-corrected chi connectivity index (χ4v) is 5.72. The molecular formula is C30H36ClN3O4S. The van der Waals surface area contributed by atoms with E-state index in [-0.39, 0.29) is 23.3 Å². The fourth-order valence-electron chi connectivity index (χ4n) is 4.11. The summed E-state index contributed by atoms with van der Waals surface area (Å²) < 4.78 is 28.7. The van der Waals surface area contributed by atoms with Crippen molar-refractivity contribution in [1.82, 2.24) is 10.2 Å². The number of halogens is 1. The van der Waals surface area contributed by atoms with Crippen LogP contribution < -0.4 is 9.62 Å². The molecule has 39 heavy (non-hydrogen) atoms. The van der Waals surface area contributed by atoms with E-state index in [1.807, 2.05) is 33.8 Å². The number of carbonyl (C=O) groups is 2. The highest BCUT2D eigenvalue weighted by atomic mass is 35.5. The summed E-state index contributed by atoms with van der Waals surface area (Å²) in [5.41, 5.74) is 1.93. The van der Waals surface area contributed by atoms with Gasteiger partial charge in [-0.05, 0) is 55.2 Å². The third-order valence-corrected chi connectivity index (χ3v) is 8.46. The number of carbonyl (C=O) groups excluding carboxylic acids is 2. The average Bonchev–Trinajstić information content (AvgIpc) is 2.92. The third kappa shape index (κ3) is 7.83. The van der Waals surface area contributed by atoms with Gasteiger partial charge < -0.3 is 10.2 Å². The first-order valence-electron chi connectivity index (χ1n) is 13.0. The van der Waals surface area contributed by atoms with E-state index in [9.17, 15) is 18.0 Å². The van der Waals surface area contributed by atoms with Crippen molar-refractivity contribution in [2.45, 2.75) is 51.6 Å². The van der Waals surface area contributed by atoms with Crippen molar-refractivity contribution in [2.24, 2.45) is 5.92 Å². The van der Waals surface area contributed by atoms with Crippen LogP contribution in [-0.2, 0) is 26.2 Å². The zero-order valence-corrected chi connectivity index (χ0v) is 24.4. The van der Waals surface area contributed by atoms with Crippen molar-refractivity contribution in [1.29, 1.82) is 0 Å². The van der Waals surface area contributed by atoms with Crippen molar-refractivity contribution in [3.63, 3.8) is 0 Å². The first kappa shape index (κ1) is 30.2. The standard InChI is InChI=1S/C30H36ClN3O4S/c1-5-28(30(36)32-19-22(2)3)33(20-24-11-9-10-14-27(24)31)29(35)21-34(25-12-7-6-8-13-25)39(37,38)26-17-15-23(4)16-18-26/h6-18,22,28H,5,19-21H2,1-4H3,(H,32,36)/t28-/m0/s1. The van der Waals surface area contributed by atoms with Crippen LogP contribution in [0.5, 0.6) is 0 Å². The van der Waals surface area contributed by atoms with Gasteiger partial charge in [-0.25, -0.2) is 8.42 Å². The fraction of sp³-hybridized carbons (Fsp3) is 0.333. The number of sulfonamides is 1. The molecular weight excluding hydrogens is 534 g/mol. The molecule has 208 valence electrons. The van der Waals surface area contributed by atoms with Crippen LogP contribution in [0.1, 0.15) is 38.3 Å². The SMILES string of the molecule is CC[C@@H](C(=O)NCC(C)C)N(Cc1ccccc1Cl)C(=O)CN(c1ccccc1)S(=O)(=O)c1ccc(C)cc1. The minimum atomic E-state index is -4.10. The predicted octanol–water partition coefficient (Wildman–Crippen LogP) is 5.42. The van der Waals surface area contributed by atoms with Gasteiger partial charge in [0, 0.05) is 18.1 Å². The lowest BCUT2D eigenvalue weighted by molar-refractivity contribution is -0.140. The van der Waals surface area contributed by atoms with E-state index in [2.05, 4.69) is 5.32 Å². The second kappa shape index (κ2) is 13.6. The number of rotatable bonds is 12. The molecule has 0 heterocycles. The molecule has 0 radical (unpaired) electrons. The molecule has 9 heteroatoms. The molecule has 2 amide bonds. The van der Waals surface area contributed by atoms with Crippen molar-refractivity contribution < 1.29 is 18.0 Å². The van der Waals surface area contributed by atoms with Crippen LogP contribution in [0.3, 0.4) is 0 Å². The van der Waals surface area contributed by atoms with Crippen LogP contribution in [0.15, 0.2) is 83.8 Å². The van der Waals surface area contributed by atoms with Crippen molar-refractivity contribution >= 4 is 39.1 Å². The zero-order valence-electron chi connectivity index (χ0n) is 22.8. The summed E-state index contributed by atoms with van der Waals surface area (Å²) in [7, 11) is -4.10. The molecule has 0 fully saturated rings. The lowest BCUT2D eigenvalue weighted by atomic mass is 10.1. The Bertz CT molecular complexity index is 1360. The quantitative estimate of drug-likeness (QED) is 0.315. The lowest BCUT2D eigenvalue weighted by Crippen LogP contribution is -2.52. The molecule has 0 aliphatic rings. The smallest absolute Gasteiger partial charge is 0.264 e. The molecule has 1 atom stereocenters. The molecule has 7 nitrogen and oxygen atoms in total. The molecule has 0 spiro atoms. The molecule has 3 rings (SSSR count). The summed E-state index contributed by atoms with van der Waals surface area (Å²) in [6.45, 7) is 7.70. The van der Waals surface area contributed by atoms with Crippen molar-refractivity contribution in [2.75, 3.05) is 17.4 Å². The topological polar surface area (TPSA) is 86.8 Å².